The molecular formula is C6H5ClN4O4S. The Kier molecular flexibility index (Phi) is 2.45. The highest BCUT2D eigenvalue weighted by Crippen LogP contribution is 2.32. The average Bonchev–Trinajstić information content (AvgIpc) is 2.16. The molecule has 0 radical (unpaired) electrons. The van der Waals surface area contributed by atoms with Gasteiger partial charge in [-0.3, -0.25) is 14.8 Å². The molecule has 1 aromatic rings. The van der Waals surface area contributed by atoms with Crippen molar-refractivity contribution in [3.05, 3.63) is 27.0 Å². The van der Waals surface area contributed by atoms with E-state index in [2.05, 4.69) is 9.71 Å². The maximum absolute atomic E-state index is 11.2. The second kappa shape index (κ2) is 3.54. The van der Waals surface area contributed by atoms with Crippen LogP contribution >= 0.6 is 11.6 Å². The van der Waals surface area contributed by atoms with Crippen LogP contribution in [0, 0.1) is 10.1 Å². The van der Waals surface area contributed by atoms with Crippen molar-refractivity contribution in [1.29, 1.82) is 0 Å². The highest BCUT2D eigenvalue weighted by molar-refractivity contribution is 7.90. The largest absolute Gasteiger partial charge is 0.299 e. The molecule has 0 bridgehead atoms. The highest BCUT2D eigenvalue weighted by atomic mass is 35.5. The molecule has 0 spiro atoms. The Labute approximate surface area is 95.0 Å². The molecular weight excluding hydrogens is 260 g/mol. The van der Waals surface area contributed by atoms with Crippen LogP contribution < -0.4 is 9.44 Å². The standard InChI is InChI=1S/C6H5ClN4O4S/c7-5-1-4(11(12)13)6-3(9-5)2-8-16(14,15)10-6/h1,8,10H,2H2. The minimum atomic E-state index is -3.75. The van der Waals surface area contributed by atoms with Gasteiger partial charge < -0.3 is 0 Å². The summed E-state index contributed by atoms with van der Waals surface area (Å²) in [6.45, 7) is -0.133. The van der Waals surface area contributed by atoms with Crippen LogP contribution in [0.5, 0.6) is 0 Å². The Morgan fingerprint density at radius 3 is 2.88 bits per heavy atom. The summed E-state index contributed by atoms with van der Waals surface area (Å²) >= 11 is 5.58. The number of nitrogens with zero attached hydrogens (tertiary/aromatic N) is 2. The maximum Gasteiger partial charge on any atom is 0.299 e. The van der Waals surface area contributed by atoms with Gasteiger partial charge in [0.15, 0.2) is 5.69 Å². The summed E-state index contributed by atoms with van der Waals surface area (Å²) in [6, 6.07) is 0.994. The SMILES string of the molecule is O=[N+]([O-])c1cc(Cl)nc2c1NS(=O)(=O)NC2. The molecule has 0 aliphatic carbocycles. The lowest BCUT2D eigenvalue weighted by Crippen LogP contribution is -2.35. The normalized spacial score (nSPS) is 17.3. The summed E-state index contributed by atoms with van der Waals surface area (Å²) in [6.07, 6.45) is 0. The van der Waals surface area contributed by atoms with Crippen LogP contribution in [0.3, 0.4) is 0 Å². The highest BCUT2D eigenvalue weighted by Gasteiger charge is 2.28. The van der Waals surface area contributed by atoms with E-state index >= 15 is 0 Å². The molecule has 0 unspecified atom stereocenters. The molecule has 2 N–H and O–H groups in total. The van der Waals surface area contributed by atoms with Crippen molar-refractivity contribution in [2.75, 3.05) is 4.72 Å². The number of fused-ring (bicyclic) bond motifs is 1. The van der Waals surface area contributed by atoms with Crippen molar-refractivity contribution in [2.45, 2.75) is 6.54 Å². The van der Waals surface area contributed by atoms with Gasteiger partial charge in [0.25, 0.3) is 15.9 Å². The van der Waals surface area contributed by atoms with Gasteiger partial charge in [0, 0.05) is 0 Å². The fraction of sp³-hybridized carbons (Fsp3) is 0.167. The van der Waals surface area contributed by atoms with E-state index < -0.39 is 20.8 Å². The van der Waals surface area contributed by atoms with Gasteiger partial charge in [0.05, 0.1) is 23.2 Å². The first-order valence-electron chi connectivity index (χ1n) is 4.00. The first kappa shape index (κ1) is 11.0. The van der Waals surface area contributed by atoms with E-state index in [0.29, 0.717) is 0 Å². The molecule has 0 atom stereocenters. The third-order valence-electron chi connectivity index (χ3n) is 1.91. The fourth-order valence-electron chi connectivity index (χ4n) is 1.27. The quantitative estimate of drug-likeness (QED) is 0.433. The van der Waals surface area contributed by atoms with Gasteiger partial charge in [0.1, 0.15) is 5.15 Å². The monoisotopic (exact) mass is 264 g/mol. The van der Waals surface area contributed by atoms with Gasteiger partial charge in [-0.15, -0.1) is 0 Å². The molecule has 2 heterocycles. The Hall–Kier alpha value is -1.45. The van der Waals surface area contributed by atoms with Gasteiger partial charge in [-0.05, 0) is 0 Å². The third kappa shape index (κ3) is 1.92. The van der Waals surface area contributed by atoms with Crippen molar-refractivity contribution in [1.82, 2.24) is 9.71 Å². The van der Waals surface area contributed by atoms with E-state index in [-0.39, 0.29) is 23.1 Å². The molecule has 10 heteroatoms. The second-order valence-corrected chi connectivity index (χ2v) is 4.86. The molecule has 1 aliphatic rings. The molecule has 8 nitrogen and oxygen atoms in total. The van der Waals surface area contributed by atoms with Crippen LogP contribution in [-0.2, 0) is 16.8 Å². The number of pyridine rings is 1. The number of nitrogens with one attached hydrogen (secondary N) is 2. The first-order chi connectivity index (χ1) is 7.39. The minimum absolute atomic E-state index is 0.0617. The topological polar surface area (TPSA) is 114 Å². The number of nitro groups is 1. The van der Waals surface area contributed by atoms with E-state index in [1.165, 1.54) is 0 Å². The first-order valence-corrected chi connectivity index (χ1v) is 5.86. The molecule has 16 heavy (non-hydrogen) atoms. The zero-order valence-electron chi connectivity index (χ0n) is 7.60. The summed E-state index contributed by atoms with van der Waals surface area (Å²) in [5.74, 6) is 0. The van der Waals surface area contributed by atoms with Crippen molar-refractivity contribution < 1.29 is 13.3 Å². The number of halogens is 1. The second-order valence-electron chi connectivity index (χ2n) is 2.97. The average molecular weight is 265 g/mol. The molecule has 0 saturated heterocycles. The fourth-order valence-corrected chi connectivity index (χ4v) is 2.36. The molecule has 0 fully saturated rings. The molecule has 1 aromatic heterocycles. The Balaban J connectivity index is 2.65. The summed E-state index contributed by atoms with van der Waals surface area (Å²) < 4.78 is 26.5. The molecule has 2 rings (SSSR count). The van der Waals surface area contributed by atoms with Crippen LogP contribution in [0.4, 0.5) is 11.4 Å². The van der Waals surface area contributed by atoms with Crippen molar-refractivity contribution in [2.24, 2.45) is 0 Å². The number of anilines is 1. The lowest BCUT2D eigenvalue weighted by atomic mass is 10.2. The van der Waals surface area contributed by atoms with Crippen LogP contribution in [0.15, 0.2) is 6.07 Å². The number of rotatable bonds is 1. The minimum Gasteiger partial charge on any atom is -0.263 e. The van der Waals surface area contributed by atoms with Crippen LogP contribution in [-0.4, -0.2) is 18.3 Å². The van der Waals surface area contributed by atoms with E-state index in [9.17, 15) is 18.5 Å². The van der Waals surface area contributed by atoms with Crippen molar-refractivity contribution in [3.63, 3.8) is 0 Å². The molecule has 0 aromatic carbocycles. The van der Waals surface area contributed by atoms with Gasteiger partial charge in [-0.1, -0.05) is 11.6 Å². The third-order valence-corrected chi connectivity index (χ3v) is 3.10. The van der Waals surface area contributed by atoms with Crippen molar-refractivity contribution in [3.8, 4) is 0 Å². The number of hydrogen-bond acceptors (Lipinski definition) is 5. The van der Waals surface area contributed by atoms with Crippen LogP contribution in [0.2, 0.25) is 5.15 Å². The number of hydrogen-bond donors (Lipinski definition) is 2. The Morgan fingerprint density at radius 1 is 1.56 bits per heavy atom. The molecule has 0 amide bonds. The summed E-state index contributed by atoms with van der Waals surface area (Å²) in [5.41, 5.74) is -0.373. The van der Waals surface area contributed by atoms with Crippen LogP contribution in [0.1, 0.15) is 5.69 Å². The zero-order chi connectivity index (χ0) is 11.9. The summed E-state index contributed by atoms with van der Waals surface area (Å²) in [4.78, 5) is 13.8. The van der Waals surface area contributed by atoms with E-state index in [4.69, 9.17) is 11.6 Å². The maximum atomic E-state index is 11.2. The van der Waals surface area contributed by atoms with Gasteiger partial charge in [0.2, 0.25) is 0 Å². The predicted molar refractivity (Wildman–Crippen MR) is 55.3 cm³/mol. The van der Waals surface area contributed by atoms with Gasteiger partial charge >= 0.3 is 0 Å². The molecule has 86 valence electrons. The molecule has 1 aliphatic heterocycles. The lowest BCUT2D eigenvalue weighted by molar-refractivity contribution is -0.384. The Bertz CT molecular complexity index is 572. The van der Waals surface area contributed by atoms with Crippen LogP contribution in [0.25, 0.3) is 0 Å². The smallest absolute Gasteiger partial charge is 0.263 e. The lowest BCUT2D eigenvalue weighted by Gasteiger charge is -2.17. The number of aromatic nitrogens is 1. The van der Waals surface area contributed by atoms with E-state index in [1.54, 1.807) is 0 Å². The van der Waals surface area contributed by atoms with E-state index in [0.717, 1.165) is 6.07 Å². The van der Waals surface area contributed by atoms with Gasteiger partial charge in [-0.2, -0.15) is 13.1 Å². The molecule has 0 saturated carbocycles. The van der Waals surface area contributed by atoms with Crippen molar-refractivity contribution >= 4 is 33.2 Å². The van der Waals surface area contributed by atoms with E-state index in [1.807, 2.05) is 4.72 Å². The summed E-state index contributed by atoms with van der Waals surface area (Å²) in [5, 5.41) is 10.6. The predicted octanol–water partition coefficient (Wildman–Crippen LogP) is 0.403. The summed E-state index contributed by atoms with van der Waals surface area (Å²) in [7, 11) is -3.75. The zero-order valence-corrected chi connectivity index (χ0v) is 9.17. The Morgan fingerprint density at radius 2 is 2.25 bits per heavy atom. The van der Waals surface area contributed by atoms with Gasteiger partial charge in [-0.25, -0.2) is 4.98 Å².